The van der Waals surface area contributed by atoms with Gasteiger partial charge in [0.25, 0.3) is 5.91 Å². The van der Waals surface area contributed by atoms with E-state index in [0.717, 1.165) is 5.69 Å². The number of nitrogens with zero attached hydrogens (tertiary/aromatic N) is 1. The Bertz CT molecular complexity index is 465. The number of hydrogen-bond acceptors (Lipinski definition) is 3. The molecule has 1 atom stereocenters. The maximum Gasteiger partial charge on any atom is 0.251 e. The predicted molar refractivity (Wildman–Crippen MR) is 70.3 cm³/mol. The van der Waals surface area contributed by atoms with Crippen LogP contribution in [0.3, 0.4) is 0 Å². The highest BCUT2D eigenvalue weighted by molar-refractivity contribution is 6.06. The van der Waals surface area contributed by atoms with Crippen LogP contribution >= 0.6 is 0 Å². The SMILES string of the molecule is CC(C)c1ccc(N[C@@H]2CC(=O)N(C)C2=O)cc1. The molecule has 0 bridgehead atoms. The minimum absolute atomic E-state index is 0.128. The van der Waals surface area contributed by atoms with E-state index in [0.29, 0.717) is 5.92 Å². The molecule has 1 fully saturated rings. The average molecular weight is 246 g/mol. The Hall–Kier alpha value is -1.84. The molecule has 0 aromatic heterocycles. The molecule has 4 nitrogen and oxygen atoms in total. The van der Waals surface area contributed by atoms with Crippen LogP contribution in [0.2, 0.25) is 0 Å². The first kappa shape index (κ1) is 12.6. The molecule has 1 aromatic carbocycles. The van der Waals surface area contributed by atoms with Gasteiger partial charge in [0.1, 0.15) is 6.04 Å². The molecule has 18 heavy (non-hydrogen) atoms. The highest BCUT2D eigenvalue weighted by Crippen LogP contribution is 2.20. The van der Waals surface area contributed by atoms with Gasteiger partial charge < -0.3 is 5.32 Å². The van der Waals surface area contributed by atoms with Crippen LogP contribution in [0.25, 0.3) is 0 Å². The Kier molecular flexibility index (Phi) is 3.36. The zero-order chi connectivity index (χ0) is 13.3. The van der Waals surface area contributed by atoms with Crippen LogP contribution < -0.4 is 5.32 Å². The Labute approximate surface area is 107 Å². The highest BCUT2D eigenvalue weighted by Gasteiger charge is 2.35. The van der Waals surface area contributed by atoms with Gasteiger partial charge in [-0.15, -0.1) is 0 Å². The second kappa shape index (κ2) is 4.80. The van der Waals surface area contributed by atoms with Gasteiger partial charge in [-0.1, -0.05) is 26.0 Å². The van der Waals surface area contributed by atoms with Crippen LogP contribution in [0.4, 0.5) is 5.69 Å². The topological polar surface area (TPSA) is 49.4 Å². The van der Waals surface area contributed by atoms with Gasteiger partial charge in [0.2, 0.25) is 5.91 Å². The minimum Gasteiger partial charge on any atom is -0.373 e. The zero-order valence-corrected chi connectivity index (χ0v) is 10.9. The first-order chi connectivity index (χ1) is 8.49. The third kappa shape index (κ3) is 2.37. The summed E-state index contributed by atoms with van der Waals surface area (Å²) in [5.74, 6) is 0.198. The van der Waals surface area contributed by atoms with Crippen LogP contribution in [-0.4, -0.2) is 29.8 Å². The van der Waals surface area contributed by atoms with Crippen molar-refractivity contribution >= 4 is 17.5 Å². The van der Waals surface area contributed by atoms with Gasteiger partial charge in [0, 0.05) is 12.7 Å². The molecule has 1 aliphatic rings. The smallest absolute Gasteiger partial charge is 0.251 e. The number of hydrogen-bond donors (Lipinski definition) is 1. The summed E-state index contributed by atoms with van der Waals surface area (Å²) in [5.41, 5.74) is 2.13. The van der Waals surface area contributed by atoms with Crippen molar-refractivity contribution in [3.63, 3.8) is 0 Å². The predicted octanol–water partition coefficient (Wildman–Crippen LogP) is 1.98. The van der Waals surface area contributed by atoms with Crippen LogP contribution in [0.1, 0.15) is 31.7 Å². The lowest BCUT2D eigenvalue weighted by atomic mass is 10.0. The molecule has 1 heterocycles. The van der Waals surface area contributed by atoms with Crippen LogP contribution in [-0.2, 0) is 9.59 Å². The highest BCUT2D eigenvalue weighted by atomic mass is 16.2. The van der Waals surface area contributed by atoms with E-state index in [1.54, 1.807) is 0 Å². The maximum atomic E-state index is 11.7. The second-order valence-electron chi connectivity index (χ2n) is 4.97. The van der Waals surface area contributed by atoms with E-state index >= 15 is 0 Å². The molecule has 1 aromatic rings. The zero-order valence-electron chi connectivity index (χ0n) is 10.9. The fourth-order valence-corrected chi connectivity index (χ4v) is 2.03. The average Bonchev–Trinajstić information content (AvgIpc) is 2.58. The molecule has 2 amide bonds. The molecule has 1 N–H and O–H groups in total. The van der Waals surface area contributed by atoms with Crippen molar-refractivity contribution in [1.29, 1.82) is 0 Å². The van der Waals surface area contributed by atoms with Gasteiger partial charge in [-0.05, 0) is 23.6 Å². The maximum absolute atomic E-state index is 11.7. The fraction of sp³-hybridized carbons (Fsp3) is 0.429. The van der Waals surface area contributed by atoms with E-state index in [2.05, 4.69) is 19.2 Å². The lowest BCUT2D eigenvalue weighted by Gasteiger charge is -2.13. The fourth-order valence-electron chi connectivity index (χ4n) is 2.03. The Morgan fingerprint density at radius 2 is 1.83 bits per heavy atom. The summed E-state index contributed by atoms with van der Waals surface area (Å²) in [6.45, 7) is 4.27. The van der Waals surface area contributed by atoms with Crippen LogP contribution in [0.15, 0.2) is 24.3 Å². The standard InChI is InChI=1S/C14H18N2O2/c1-9(2)10-4-6-11(7-5-10)15-12-8-13(17)16(3)14(12)18/h4-7,9,12,15H,8H2,1-3H3/t12-/m1/s1. The molecule has 0 saturated carbocycles. The molecular weight excluding hydrogens is 228 g/mol. The number of anilines is 1. The van der Waals surface area contributed by atoms with E-state index in [1.165, 1.54) is 17.5 Å². The van der Waals surface area contributed by atoms with Crippen molar-refractivity contribution < 1.29 is 9.59 Å². The van der Waals surface area contributed by atoms with E-state index in [1.807, 2.05) is 24.3 Å². The van der Waals surface area contributed by atoms with Gasteiger partial charge in [-0.3, -0.25) is 14.5 Å². The number of carbonyl (C=O) groups excluding carboxylic acids is 2. The molecule has 2 rings (SSSR count). The molecule has 0 unspecified atom stereocenters. The molecule has 4 heteroatoms. The van der Waals surface area contributed by atoms with Crippen molar-refractivity contribution in [1.82, 2.24) is 4.90 Å². The van der Waals surface area contributed by atoms with Gasteiger partial charge in [0.05, 0.1) is 6.42 Å². The van der Waals surface area contributed by atoms with E-state index in [9.17, 15) is 9.59 Å². The van der Waals surface area contributed by atoms with E-state index in [-0.39, 0.29) is 18.2 Å². The summed E-state index contributed by atoms with van der Waals surface area (Å²) in [7, 11) is 1.52. The second-order valence-corrected chi connectivity index (χ2v) is 4.97. The van der Waals surface area contributed by atoms with Crippen LogP contribution in [0, 0.1) is 0 Å². The lowest BCUT2D eigenvalue weighted by Crippen LogP contribution is -2.31. The largest absolute Gasteiger partial charge is 0.373 e. The molecular formula is C14H18N2O2. The lowest BCUT2D eigenvalue weighted by molar-refractivity contribution is -0.136. The molecule has 96 valence electrons. The van der Waals surface area contributed by atoms with Crippen LogP contribution in [0.5, 0.6) is 0 Å². The number of rotatable bonds is 3. The van der Waals surface area contributed by atoms with Crippen molar-refractivity contribution in [2.75, 3.05) is 12.4 Å². The Morgan fingerprint density at radius 3 is 2.28 bits per heavy atom. The minimum atomic E-state index is -0.424. The summed E-state index contributed by atoms with van der Waals surface area (Å²) < 4.78 is 0. The van der Waals surface area contributed by atoms with Gasteiger partial charge >= 0.3 is 0 Å². The van der Waals surface area contributed by atoms with Crippen molar-refractivity contribution in [3.8, 4) is 0 Å². The monoisotopic (exact) mass is 246 g/mol. The first-order valence-corrected chi connectivity index (χ1v) is 6.16. The third-order valence-electron chi connectivity index (χ3n) is 3.30. The number of imide groups is 1. The molecule has 1 aliphatic heterocycles. The third-order valence-corrected chi connectivity index (χ3v) is 3.30. The number of benzene rings is 1. The van der Waals surface area contributed by atoms with Gasteiger partial charge in [0.15, 0.2) is 0 Å². The van der Waals surface area contributed by atoms with Crippen molar-refractivity contribution in [3.05, 3.63) is 29.8 Å². The van der Waals surface area contributed by atoms with Crippen molar-refractivity contribution in [2.24, 2.45) is 0 Å². The van der Waals surface area contributed by atoms with E-state index < -0.39 is 6.04 Å². The normalized spacial score (nSPS) is 19.8. The number of likely N-dealkylation sites (N-methyl/N-ethyl adjacent to an activating group) is 1. The number of amides is 2. The molecule has 0 aliphatic carbocycles. The number of carbonyl (C=O) groups is 2. The van der Waals surface area contributed by atoms with Crippen molar-refractivity contribution in [2.45, 2.75) is 32.2 Å². The summed E-state index contributed by atoms with van der Waals surface area (Å²) in [6.07, 6.45) is 0.237. The Morgan fingerprint density at radius 1 is 1.22 bits per heavy atom. The molecule has 0 spiro atoms. The summed E-state index contributed by atoms with van der Waals surface area (Å²) >= 11 is 0. The Balaban J connectivity index is 2.06. The molecule has 1 saturated heterocycles. The summed E-state index contributed by atoms with van der Waals surface area (Å²) in [4.78, 5) is 24.3. The number of likely N-dealkylation sites (tertiary alicyclic amines) is 1. The molecule has 0 radical (unpaired) electrons. The number of nitrogens with one attached hydrogen (secondary N) is 1. The van der Waals surface area contributed by atoms with Gasteiger partial charge in [-0.2, -0.15) is 0 Å². The quantitative estimate of drug-likeness (QED) is 0.830. The van der Waals surface area contributed by atoms with E-state index in [4.69, 9.17) is 0 Å². The summed E-state index contributed by atoms with van der Waals surface area (Å²) in [5, 5.41) is 3.11. The van der Waals surface area contributed by atoms with Gasteiger partial charge in [-0.25, -0.2) is 0 Å². The summed E-state index contributed by atoms with van der Waals surface area (Å²) in [6, 6.07) is 7.56. The first-order valence-electron chi connectivity index (χ1n) is 6.16.